The number of carbonyl (C=O) groups is 1. The minimum Gasteiger partial charge on any atom is -0.356 e. The van der Waals surface area contributed by atoms with Gasteiger partial charge in [0.2, 0.25) is 5.91 Å². The molecular formula is C14H29NO. The normalized spacial score (nSPS) is 11.5. The Bertz CT molecular complexity index is 172. The van der Waals surface area contributed by atoms with Gasteiger partial charge in [-0.25, -0.2) is 0 Å². The fourth-order valence-corrected chi connectivity index (χ4v) is 2.58. The summed E-state index contributed by atoms with van der Waals surface area (Å²) >= 11 is 0. The molecule has 0 aliphatic carbocycles. The largest absolute Gasteiger partial charge is 0.356 e. The first-order chi connectivity index (χ1) is 7.66. The molecule has 16 heavy (non-hydrogen) atoms. The molecule has 1 amide bonds. The summed E-state index contributed by atoms with van der Waals surface area (Å²) in [5.74, 6) is 0.292. The molecule has 0 aromatic heterocycles. The van der Waals surface area contributed by atoms with Crippen molar-refractivity contribution in [1.82, 2.24) is 5.32 Å². The lowest BCUT2D eigenvalue weighted by atomic mass is 9.75. The van der Waals surface area contributed by atoms with Crippen LogP contribution in [-0.4, -0.2) is 12.5 Å². The van der Waals surface area contributed by atoms with Crippen LogP contribution < -0.4 is 5.32 Å². The molecule has 2 heteroatoms. The minimum atomic E-state index is -0.0899. The van der Waals surface area contributed by atoms with E-state index in [9.17, 15) is 4.79 Å². The molecule has 96 valence electrons. The summed E-state index contributed by atoms with van der Waals surface area (Å²) in [5, 5.41) is 3.09. The van der Waals surface area contributed by atoms with Crippen molar-refractivity contribution in [2.45, 2.75) is 72.6 Å². The SMILES string of the molecule is CCCNC(=O)C(CCC)(CCC)CCC. The van der Waals surface area contributed by atoms with Crippen molar-refractivity contribution in [1.29, 1.82) is 0 Å². The van der Waals surface area contributed by atoms with Gasteiger partial charge in [-0.05, 0) is 25.7 Å². The molecule has 1 N–H and O–H groups in total. The molecule has 0 aliphatic rings. The van der Waals surface area contributed by atoms with Crippen molar-refractivity contribution >= 4 is 5.91 Å². The number of nitrogens with one attached hydrogen (secondary N) is 1. The number of hydrogen-bond donors (Lipinski definition) is 1. The van der Waals surface area contributed by atoms with E-state index in [2.05, 4.69) is 33.0 Å². The Balaban J connectivity index is 4.62. The monoisotopic (exact) mass is 227 g/mol. The number of rotatable bonds is 9. The second-order valence-electron chi connectivity index (χ2n) is 4.79. The van der Waals surface area contributed by atoms with E-state index in [4.69, 9.17) is 0 Å². The maximum atomic E-state index is 12.3. The van der Waals surface area contributed by atoms with Crippen molar-refractivity contribution in [3.8, 4) is 0 Å². The summed E-state index contributed by atoms with van der Waals surface area (Å²) in [6.07, 6.45) is 7.41. The molecule has 0 rings (SSSR count). The van der Waals surface area contributed by atoms with Gasteiger partial charge >= 0.3 is 0 Å². The average Bonchev–Trinajstić information content (AvgIpc) is 2.26. The zero-order valence-electron chi connectivity index (χ0n) is 11.6. The lowest BCUT2D eigenvalue weighted by molar-refractivity contribution is -0.132. The Kier molecular flexibility index (Phi) is 8.32. The molecule has 0 bridgehead atoms. The lowest BCUT2D eigenvalue weighted by Crippen LogP contribution is -2.41. The first-order valence-electron chi connectivity index (χ1n) is 6.95. The van der Waals surface area contributed by atoms with Gasteiger partial charge in [-0.15, -0.1) is 0 Å². The van der Waals surface area contributed by atoms with Crippen LogP contribution in [0.15, 0.2) is 0 Å². The highest BCUT2D eigenvalue weighted by Crippen LogP contribution is 2.35. The minimum absolute atomic E-state index is 0.0899. The fraction of sp³-hybridized carbons (Fsp3) is 0.929. The molecule has 0 saturated heterocycles. The Morgan fingerprint density at radius 2 is 1.31 bits per heavy atom. The quantitative estimate of drug-likeness (QED) is 0.636. The van der Waals surface area contributed by atoms with Gasteiger partial charge in [0.05, 0.1) is 0 Å². The van der Waals surface area contributed by atoms with Gasteiger partial charge in [0, 0.05) is 12.0 Å². The van der Waals surface area contributed by atoms with Crippen LogP contribution in [0.2, 0.25) is 0 Å². The van der Waals surface area contributed by atoms with E-state index in [1.165, 1.54) is 0 Å². The topological polar surface area (TPSA) is 29.1 Å². The summed E-state index contributed by atoms with van der Waals surface area (Å²) < 4.78 is 0. The van der Waals surface area contributed by atoms with Crippen molar-refractivity contribution in [2.75, 3.05) is 6.54 Å². The summed E-state index contributed by atoms with van der Waals surface area (Å²) in [5.41, 5.74) is -0.0899. The average molecular weight is 227 g/mol. The maximum absolute atomic E-state index is 12.3. The molecule has 0 saturated carbocycles. The van der Waals surface area contributed by atoms with Crippen molar-refractivity contribution in [3.05, 3.63) is 0 Å². The van der Waals surface area contributed by atoms with Crippen LogP contribution in [0.3, 0.4) is 0 Å². The molecule has 0 aromatic carbocycles. The Labute approximate surface area is 101 Å². The molecule has 0 fully saturated rings. The van der Waals surface area contributed by atoms with Gasteiger partial charge in [0.15, 0.2) is 0 Å². The van der Waals surface area contributed by atoms with E-state index < -0.39 is 0 Å². The molecule has 0 radical (unpaired) electrons. The molecule has 0 atom stereocenters. The molecule has 0 aliphatic heterocycles. The van der Waals surface area contributed by atoms with Crippen LogP contribution in [0.25, 0.3) is 0 Å². The van der Waals surface area contributed by atoms with Crippen LogP contribution >= 0.6 is 0 Å². The molecule has 0 unspecified atom stereocenters. The highest BCUT2D eigenvalue weighted by molar-refractivity contribution is 5.82. The zero-order chi connectivity index (χ0) is 12.4. The highest BCUT2D eigenvalue weighted by Gasteiger charge is 2.35. The third kappa shape index (κ3) is 4.54. The van der Waals surface area contributed by atoms with Crippen molar-refractivity contribution < 1.29 is 4.79 Å². The smallest absolute Gasteiger partial charge is 0.226 e. The first kappa shape index (κ1) is 15.5. The number of hydrogen-bond acceptors (Lipinski definition) is 1. The Hall–Kier alpha value is -0.530. The summed E-state index contributed by atoms with van der Waals surface area (Å²) in [6.45, 7) is 9.44. The first-order valence-corrected chi connectivity index (χ1v) is 6.95. The summed E-state index contributed by atoms with van der Waals surface area (Å²) in [7, 11) is 0. The molecular weight excluding hydrogens is 198 g/mol. The van der Waals surface area contributed by atoms with E-state index in [-0.39, 0.29) is 5.41 Å². The van der Waals surface area contributed by atoms with E-state index in [1.807, 2.05) is 0 Å². The van der Waals surface area contributed by atoms with Gasteiger partial charge in [-0.2, -0.15) is 0 Å². The number of carbonyl (C=O) groups excluding carboxylic acids is 1. The van der Waals surface area contributed by atoms with Gasteiger partial charge in [0.25, 0.3) is 0 Å². The van der Waals surface area contributed by atoms with Gasteiger partial charge in [0.1, 0.15) is 0 Å². The van der Waals surface area contributed by atoms with E-state index in [1.54, 1.807) is 0 Å². The number of amides is 1. The van der Waals surface area contributed by atoms with Crippen molar-refractivity contribution in [3.63, 3.8) is 0 Å². The highest BCUT2D eigenvalue weighted by atomic mass is 16.2. The predicted molar refractivity (Wildman–Crippen MR) is 70.5 cm³/mol. The summed E-state index contributed by atoms with van der Waals surface area (Å²) in [6, 6.07) is 0. The molecule has 0 spiro atoms. The second-order valence-corrected chi connectivity index (χ2v) is 4.79. The molecule has 0 aromatic rings. The third-order valence-corrected chi connectivity index (χ3v) is 3.20. The summed E-state index contributed by atoms with van der Waals surface area (Å²) in [4.78, 5) is 12.3. The lowest BCUT2D eigenvalue weighted by Gasteiger charge is -2.32. The molecule has 2 nitrogen and oxygen atoms in total. The van der Waals surface area contributed by atoms with Crippen LogP contribution in [0.1, 0.15) is 72.6 Å². The van der Waals surface area contributed by atoms with Crippen LogP contribution in [0.4, 0.5) is 0 Å². The maximum Gasteiger partial charge on any atom is 0.226 e. The van der Waals surface area contributed by atoms with Gasteiger partial charge in [-0.3, -0.25) is 4.79 Å². The van der Waals surface area contributed by atoms with Crippen molar-refractivity contribution in [2.24, 2.45) is 5.41 Å². The van der Waals surface area contributed by atoms with Gasteiger partial charge < -0.3 is 5.32 Å². The molecule has 0 heterocycles. The van der Waals surface area contributed by atoms with Crippen LogP contribution in [0, 0.1) is 5.41 Å². The van der Waals surface area contributed by atoms with E-state index in [0.29, 0.717) is 5.91 Å². The predicted octanol–water partition coefficient (Wildman–Crippen LogP) is 3.90. The Morgan fingerprint density at radius 3 is 1.62 bits per heavy atom. The third-order valence-electron chi connectivity index (χ3n) is 3.20. The van der Waals surface area contributed by atoms with Crippen LogP contribution in [0.5, 0.6) is 0 Å². The van der Waals surface area contributed by atoms with E-state index in [0.717, 1.165) is 51.5 Å². The zero-order valence-corrected chi connectivity index (χ0v) is 11.6. The standard InChI is InChI=1S/C14H29NO/c1-5-9-14(10-6-2,11-7-3)13(16)15-12-8-4/h5-12H2,1-4H3,(H,15,16). The van der Waals surface area contributed by atoms with Crippen LogP contribution in [-0.2, 0) is 4.79 Å². The Morgan fingerprint density at radius 1 is 0.875 bits per heavy atom. The van der Waals surface area contributed by atoms with Gasteiger partial charge in [-0.1, -0.05) is 47.0 Å². The van der Waals surface area contributed by atoms with E-state index >= 15 is 0 Å². The second kappa shape index (κ2) is 8.60. The fourth-order valence-electron chi connectivity index (χ4n) is 2.58.